The molecule has 6 heteroatoms. The second-order valence-electron chi connectivity index (χ2n) is 15.3. The third-order valence-electron chi connectivity index (χ3n) is 10.9. The molecule has 1 heterocycles. The van der Waals surface area contributed by atoms with E-state index in [-0.39, 0.29) is 5.60 Å². The third kappa shape index (κ3) is 8.26. The minimum absolute atomic E-state index is 0.106. The van der Waals surface area contributed by atoms with Gasteiger partial charge in [-0.05, 0) is 162 Å². The summed E-state index contributed by atoms with van der Waals surface area (Å²) in [4.78, 5) is 17.7. The molecule has 0 unspecified atom stereocenters. The molecule has 2 aliphatic carbocycles. The number of ether oxygens (including phenoxy) is 1. The maximum absolute atomic E-state index is 13.0. The summed E-state index contributed by atoms with van der Waals surface area (Å²) in [7, 11) is 2.00. The molecule has 1 aliphatic heterocycles. The van der Waals surface area contributed by atoms with Crippen LogP contribution in [0.15, 0.2) is 36.4 Å². The Balaban J connectivity index is 1.31. The van der Waals surface area contributed by atoms with Crippen LogP contribution in [0.3, 0.4) is 0 Å². The smallest absolute Gasteiger partial charge is 0.325 e. The zero-order valence-electron chi connectivity index (χ0n) is 28.0. The Bertz CT molecular complexity index is 1300. The van der Waals surface area contributed by atoms with Crippen LogP contribution in [0.1, 0.15) is 124 Å². The van der Waals surface area contributed by atoms with E-state index >= 15 is 0 Å². The van der Waals surface area contributed by atoms with Crippen molar-refractivity contribution in [1.82, 2.24) is 9.80 Å². The summed E-state index contributed by atoms with van der Waals surface area (Å²) in [5.74, 6) is -0.0809. The number of aryl methyl sites for hydroxylation is 2. The fraction of sp³-hybridized carbons (Fsp3) is 0.658. The largest absolute Gasteiger partial charge is 0.480 e. The van der Waals surface area contributed by atoms with Gasteiger partial charge in [0.05, 0.1) is 11.7 Å². The maximum atomic E-state index is 13.0. The number of carbonyl (C=O) groups is 1. The topological polar surface area (TPSA) is 53.0 Å². The fourth-order valence-electron chi connectivity index (χ4n) is 7.97. The van der Waals surface area contributed by atoms with Gasteiger partial charge in [-0.3, -0.25) is 9.69 Å². The zero-order valence-corrected chi connectivity index (χ0v) is 28.8. The van der Waals surface area contributed by atoms with Gasteiger partial charge in [0, 0.05) is 11.6 Å². The zero-order chi connectivity index (χ0) is 31.6. The van der Waals surface area contributed by atoms with Gasteiger partial charge < -0.3 is 14.7 Å². The molecular formula is C38H55ClN2O3. The first kappa shape index (κ1) is 33.4. The third-order valence-corrected chi connectivity index (χ3v) is 11.1. The van der Waals surface area contributed by atoms with Gasteiger partial charge >= 0.3 is 5.97 Å². The van der Waals surface area contributed by atoms with E-state index in [9.17, 15) is 9.90 Å². The fourth-order valence-corrected chi connectivity index (χ4v) is 8.15. The monoisotopic (exact) mass is 622 g/mol. The van der Waals surface area contributed by atoms with Gasteiger partial charge in [0.2, 0.25) is 0 Å². The molecule has 1 saturated heterocycles. The van der Waals surface area contributed by atoms with E-state index in [1.54, 1.807) is 0 Å². The Morgan fingerprint density at radius 2 is 1.75 bits per heavy atom. The lowest BCUT2D eigenvalue weighted by Gasteiger charge is -2.35. The van der Waals surface area contributed by atoms with E-state index in [0.717, 1.165) is 68.7 Å². The normalized spacial score (nSPS) is 24.4. The van der Waals surface area contributed by atoms with Gasteiger partial charge in [-0.2, -0.15) is 0 Å². The molecule has 5 rings (SSSR count). The van der Waals surface area contributed by atoms with Crippen LogP contribution in [0, 0.1) is 19.3 Å². The number of carboxylic acid groups (broad SMARTS) is 1. The van der Waals surface area contributed by atoms with Crippen LogP contribution in [0.25, 0.3) is 0 Å². The van der Waals surface area contributed by atoms with Crippen LogP contribution >= 0.6 is 11.6 Å². The molecule has 44 heavy (non-hydrogen) atoms. The van der Waals surface area contributed by atoms with Gasteiger partial charge in [0.25, 0.3) is 0 Å². The Kier molecular flexibility index (Phi) is 10.5. The first-order chi connectivity index (χ1) is 20.8. The number of likely N-dealkylation sites (tertiary alicyclic amines) is 1. The van der Waals surface area contributed by atoms with Crippen molar-refractivity contribution < 1.29 is 14.6 Å². The lowest BCUT2D eigenvalue weighted by Crippen LogP contribution is -2.34. The van der Waals surface area contributed by atoms with Crippen molar-refractivity contribution in [2.24, 2.45) is 5.41 Å². The van der Waals surface area contributed by atoms with E-state index in [1.807, 2.05) is 19.2 Å². The highest BCUT2D eigenvalue weighted by Gasteiger charge is 2.42. The molecule has 1 N–H and O–H groups in total. The highest BCUT2D eigenvalue weighted by Crippen LogP contribution is 2.45. The number of hydrogen-bond donors (Lipinski definition) is 1. The molecule has 0 radical (unpaired) electrons. The van der Waals surface area contributed by atoms with Crippen molar-refractivity contribution in [2.45, 2.75) is 122 Å². The molecule has 0 amide bonds. The van der Waals surface area contributed by atoms with Crippen molar-refractivity contribution in [1.29, 1.82) is 0 Å². The van der Waals surface area contributed by atoms with E-state index in [0.29, 0.717) is 29.9 Å². The molecule has 2 saturated carbocycles. The van der Waals surface area contributed by atoms with Gasteiger partial charge in [0.1, 0.15) is 6.04 Å². The number of rotatable bonds is 13. The second kappa shape index (κ2) is 13.8. The molecule has 0 aromatic heterocycles. The number of likely N-dealkylation sites (N-methyl/N-ethyl adjacent to an activating group) is 1. The standard InChI is InChI=1S/C38H55ClN2O3/c1-26-10-13-30(39)24-33(26)28(17-22-41-23-20-37(3,4)25-41)16-21-40(6)35(36(42)43)32-9-7-8-27(2)34(32)29-11-14-31(15-12-29)44-38(5)18-19-38/h7-10,13,24,28-29,31,35H,11-12,14-23,25H2,1-6H3,(H,42,43)/t28-,29?,31?,35+/m1/s1. The first-order valence-corrected chi connectivity index (χ1v) is 17.4. The predicted octanol–water partition coefficient (Wildman–Crippen LogP) is 8.91. The Labute approximate surface area is 271 Å². The average molecular weight is 623 g/mol. The SMILES string of the molecule is Cc1ccc(Cl)cc1[C@@H](CCN1CCC(C)(C)C1)CCN(C)[C@H](C(=O)O)c1cccc(C)c1C1CCC(OC2(C)CC2)CC1. The molecule has 242 valence electrons. The number of halogens is 1. The molecule has 3 aliphatic rings. The number of benzene rings is 2. The van der Waals surface area contributed by atoms with E-state index in [4.69, 9.17) is 16.3 Å². The van der Waals surface area contributed by atoms with Crippen molar-refractivity contribution in [3.63, 3.8) is 0 Å². The van der Waals surface area contributed by atoms with Crippen LogP contribution in [-0.2, 0) is 9.53 Å². The molecule has 2 aromatic rings. The van der Waals surface area contributed by atoms with E-state index in [1.165, 1.54) is 41.5 Å². The van der Waals surface area contributed by atoms with Crippen molar-refractivity contribution in [2.75, 3.05) is 33.2 Å². The quantitative estimate of drug-likeness (QED) is 0.242. The summed E-state index contributed by atoms with van der Waals surface area (Å²) < 4.78 is 6.41. The molecule has 0 bridgehead atoms. The predicted molar refractivity (Wildman–Crippen MR) is 181 cm³/mol. The minimum Gasteiger partial charge on any atom is -0.480 e. The van der Waals surface area contributed by atoms with Gasteiger partial charge in [-0.25, -0.2) is 0 Å². The van der Waals surface area contributed by atoms with E-state index < -0.39 is 12.0 Å². The number of aliphatic carboxylic acids is 1. The highest BCUT2D eigenvalue weighted by molar-refractivity contribution is 6.30. The molecule has 0 spiro atoms. The van der Waals surface area contributed by atoms with Gasteiger partial charge in [-0.1, -0.05) is 49.7 Å². The summed E-state index contributed by atoms with van der Waals surface area (Å²) in [6.07, 6.45) is 10.1. The van der Waals surface area contributed by atoms with Crippen LogP contribution in [-0.4, -0.2) is 65.8 Å². The van der Waals surface area contributed by atoms with Gasteiger partial charge in [0.15, 0.2) is 0 Å². The first-order valence-electron chi connectivity index (χ1n) is 17.0. The van der Waals surface area contributed by atoms with Crippen molar-refractivity contribution >= 4 is 17.6 Å². The molecule has 3 fully saturated rings. The molecule has 2 aromatic carbocycles. The average Bonchev–Trinajstić information content (AvgIpc) is 3.58. The summed E-state index contributed by atoms with van der Waals surface area (Å²) in [5, 5.41) is 11.4. The lowest BCUT2D eigenvalue weighted by molar-refractivity contribution is -0.143. The molecular weight excluding hydrogens is 568 g/mol. The summed E-state index contributed by atoms with van der Waals surface area (Å²) in [6.45, 7) is 15.3. The Morgan fingerprint density at radius 1 is 1.02 bits per heavy atom. The van der Waals surface area contributed by atoms with Crippen LogP contribution < -0.4 is 0 Å². The number of nitrogens with zero attached hydrogens (tertiary/aromatic N) is 2. The second-order valence-corrected chi connectivity index (χ2v) is 15.7. The Morgan fingerprint density at radius 3 is 2.39 bits per heavy atom. The summed E-state index contributed by atoms with van der Waals surface area (Å²) in [6, 6.07) is 11.8. The van der Waals surface area contributed by atoms with Crippen LogP contribution in [0.2, 0.25) is 5.02 Å². The highest BCUT2D eigenvalue weighted by atomic mass is 35.5. The number of carboxylic acids is 1. The number of hydrogen-bond acceptors (Lipinski definition) is 4. The summed E-state index contributed by atoms with van der Waals surface area (Å²) >= 11 is 6.50. The van der Waals surface area contributed by atoms with Gasteiger partial charge in [-0.15, -0.1) is 0 Å². The maximum Gasteiger partial charge on any atom is 0.325 e. The lowest BCUT2D eigenvalue weighted by atomic mass is 9.77. The Hall–Kier alpha value is -1.92. The van der Waals surface area contributed by atoms with E-state index in [2.05, 4.69) is 68.7 Å². The van der Waals surface area contributed by atoms with Crippen molar-refractivity contribution in [3.8, 4) is 0 Å². The molecule has 5 nitrogen and oxygen atoms in total. The van der Waals surface area contributed by atoms with Crippen LogP contribution in [0.4, 0.5) is 0 Å². The van der Waals surface area contributed by atoms with Crippen molar-refractivity contribution in [3.05, 3.63) is 69.2 Å². The summed E-state index contributed by atoms with van der Waals surface area (Å²) in [5.41, 5.74) is 6.47. The molecule has 2 atom stereocenters. The van der Waals surface area contributed by atoms with Crippen LogP contribution in [0.5, 0.6) is 0 Å². The minimum atomic E-state index is -0.771.